The van der Waals surface area contributed by atoms with Crippen LogP contribution in [0.5, 0.6) is 5.75 Å². The van der Waals surface area contributed by atoms with E-state index in [9.17, 15) is 9.59 Å². The number of halogens is 1. The summed E-state index contributed by atoms with van der Waals surface area (Å²) in [5.41, 5.74) is 1.45. The first-order valence-electron chi connectivity index (χ1n) is 5.95. The molecule has 0 radical (unpaired) electrons. The highest BCUT2D eigenvalue weighted by Gasteiger charge is 2.36. The van der Waals surface area contributed by atoms with Crippen LogP contribution in [0.2, 0.25) is 0 Å². The number of ether oxygens (including phenoxy) is 1. The molecule has 0 saturated heterocycles. The van der Waals surface area contributed by atoms with Crippen LogP contribution >= 0.6 is 22.6 Å². The lowest BCUT2D eigenvalue weighted by atomic mass is 10.1. The first kappa shape index (κ1) is 13.1. The Morgan fingerprint density at radius 3 is 2.10 bits per heavy atom. The van der Waals surface area contributed by atoms with Crippen molar-refractivity contribution in [1.29, 1.82) is 0 Å². The summed E-state index contributed by atoms with van der Waals surface area (Å²) in [6.07, 6.45) is 0. The van der Waals surface area contributed by atoms with Gasteiger partial charge in [0.15, 0.2) is 0 Å². The third-order valence-electron chi connectivity index (χ3n) is 3.19. The molecule has 0 N–H and O–H groups in total. The van der Waals surface area contributed by atoms with Crippen LogP contribution in [0.25, 0.3) is 0 Å². The second kappa shape index (κ2) is 4.90. The van der Waals surface area contributed by atoms with Crippen LogP contribution in [0.3, 0.4) is 0 Å². The van der Waals surface area contributed by atoms with Crippen LogP contribution in [-0.2, 0) is 0 Å². The zero-order valence-corrected chi connectivity index (χ0v) is 12.7. The number of nitrogens with zero attached hydrogens (tertiary/aromatic N) is 1. The standard InChI is InChI=1S/C15H10INO3/c1-20-13-7-6-9(8-12(13)16)17-14(18)10-4-2-3-5-11(10)15(17)19/h2-8H,1H3. The fourth-order valence-corrected chi connectivity index (χ4v) is 2.94. The molecule has 0 atom stereocenters. The van der Waals surface area contributed by atoms with Gasteiger partial charge in [0.25, 0.3) is 11.8 Å². The van der Waals surface area contributed by atoms with E-state index in [0.717, 1.165) is 3.57 Å². The molecule has 2 aromatic rings. The SMILES string of the molecule is COc1ccc(N2C(=O)c3ccccc3C2=O)cc1I. The lowest BCUT2D eigenvalue weighted by Crippen LogP contribution is -2.29. The summed E-state index contributed by atoms with van der Waals surface area (Å²) in [6.45, 7) is 0. The monoisotopic (exact) mass is 379 g/mol. The molecule has 3 rings (SSSR count). The van der Waals surface area contributed by atoms with Gasteiger partial charge in [-0.05, 0) is 52.9 Å². The third-order valence-corrected chi connectivity index (χ3v) is 4.03. The number of carbonyl (C=O) groups is 2. The molecule has 0 aromatic heterocycles. The van der Waals surface area contributed by atoms with E-state index in [2.05, 4.69) is 22.6 Å². The molecule has 0 unspecified atom stereocenters. The molecular weight excluding hydrogens is 369 g/mol. The van der Waals surface area contributed by atoms with Crippen LogP contribution in [0, 0.1) is 3.57 Å². The number of rotatable bonds is 2. The second-order valence-electron chi connectivity index (χ2n) is 4.31. The van der Waals surface area contributed by atoms with E-state index in [1.54, 1.807) is 49.6 Å². The normalized spacial score (nSPS) is 13.6. The van der Waals surface area contributed by atoms with E-state index in [-0.39, 0.29) is 11.8 Å². The van der Waals surface area contributed by atoms with Crippen molar-refractivity contribution >= 4 is 40.1 Å². The Bertz CT molecular complexity index is 692. The molecule has 0 aliphatic carbocycles. The highest BCUT2D eigenvalue weighted by atomic mass is 127. The minimum Gasteiger partial charge on any atom is -0.496 e. The van der Waals surface area contributed by atoms with Gasteiger partial charge in [-0.15, -0.1) is 0 Å². The summed E-state index contributed by atoms with van der Waals surface area (Å²) in [6, 6.07) is 12.1. The summed E-state index contributed by atoms with van der Waals surface area (Å²) < 4.78 is 6.03. The maximum absolute atomic E-state index is 12.3. The van der Waals surface area contributed by atoms with Gasteiger partial charge in [-0.25, -0.2) is 4.90 Å². The predicted molar refractivity (Wildman–Crippen MR) is 83.3 cm³/mol. The summed E-state index contributed by atoms with van der Waals surface area (Å²) in [7, 11) is 1.58. The van der Waals surface area contributed by atoms with Gasteiger partial charge >= 0.3 is 0 Å². The molecule has 4 nitrogen and oxygen atoms in total. The summed E-state index contributed by atoms with van der Waals surface area (Å²) in [4.78, 5) is 25.9. The average molecular weight is 379 g/mol. The zero-order chi connectivity index (χ0) is 14.3. The van der Waals surface area contributed by atoms with E-state index in [0.29, 0.717) is 22.6 Å². The van der Waals surface area contributed by atoms with Gasteiger partial charge in [-0.3, -0.25) is 9.59 Å². The molecule has 0 saturated carbocycles. The summed E-state index contributed by atoms with van der Waals surface area (Å²) in [5, 5.41) is 0. The topological polar surface area (TPSA) is 46.6 Å². The number of amides is 2. The predicted octanol–water partition coefficient (Wildman–Crippen LogP) is 3.10. The number of carbonyl (C=O) groups excluding carboxylic acids is 2. The van der Waals surface area contributed by atoms with Gasteiger partial charge in [-0.1, -0.05) is 12.1 Å². The highest BCUT2D eigenvalue weighted by molar-refractivity contribution is 14.1. The van der Waals surface area contributed by atoms with Crippen molar-refractivity contribution in [2.45, 2.75) is 0 Å². The number of hydrogen-bond donors (Lipinski definition) is 0. The number of imide groups is 1. The maximum Gasteiger partial charge on any atom is 0.266 e. The van der Waals surface area contributed by atoms with Crippen LogP contribution in [0.15, 0.2) is 42.5 Å². The van der Waals surface area contributed by atoms with Crippen molar-refractivity contribution in [2.75, 3.05) is 12.0 Å². The van der Waals surface area contributed by atoms with E-state index >= 15 is 0 Å². The molecule has 0 fully saturated rings. The van der Waals surface area contributed by atoms with Crippen molar-refractivity contribution in [2.24, 2.45) is 0 Å². The minimum atomic E-state index is -0.286. The Balaban J connectivity index is 2.07. The quantitative estimate of drug-likeness (QED) is 0.595. The molecule has 0 bridgehead atoms. The van der Waals surface area contributed by atoms with Gasteiger partial charge in [0.05, 0.1) is 27.5 Å². The molecule has 100 valence electrons. The molecule has 5 heteroatoms. The smallest absolute Gasteiger partial charge is 0.266 e. The number of hydrogen-bond acceptors (Lipinski definition) is 3. The Labute approximate surface area is 129 Å². The third kappa shape index (κ3) is 1.89. The highest BCUT2D eigenvalue weighted by Crippen LogP contribution is 2.31. The Hall–Kier alpha value is -1.89. The number of anilines is 1. The molecule has 0 spiro atoms. The minimum absolute atomic E-state index is 0.286. The van der Waals surface area contributed by atoms with E-state index < -0.39 is 0 Å². The van der Waals surface area contributed by atoms with Crippen molar-refractivity contribution in [1.82, 2.24) is 0 Å². The van der Waals surface area contributed by atoms with Crippen LogP contribution in [0.1, 0.15) is 20.7 Å². The second-order valence-corrected chi connectivity index (χ2v) is 5.47. The first-order chi connectivity index (χ1) is 9.63. The van der Waals surface area contributed by atoms with Gasteiger partial charge in [-0.2, -0.15) is 0 Å². The van der Waals surface area contributed by atoms with Crippen LogP contribution < -0.4 is 9.64 Å². The van der Waals surface area contributed by atoms with Gasteiger partial charge < -0.3 is 4.74 Å². The van der Waals surface area contributed by atoms with Crippen LogP contribution in [0.4, 0.5) is 5.69 Å². The van der Waals surface area contributed by atoms with Crippen molar-refractivity contribution < 1.29 is 14.3 Å². The van der Waals surface area contributed by atoms with E-state index in [1.165, 1.54) is 4.90 Å². The fraction of sp³-hybridized carbons (Fsp3) is 0.0667. The van der Waals surface area contributed by atoms with E-state index in [1.807, 2.05) is 0 Å². The maximum atomic E-state index is 12.3. The van der Waals surface area contributed by atoms with Crippen molar-refractivity contribution in [3.8, 4) is 5.75 Å². The van der Waals surface area contributed by atoms with Gasteiger partial charge in [0, 0.05) is 0 Å². The lowest BCUT2D eigenvalue weighted by molar-refractivity contribution is 0.0926. The Kier molecular flexibility index (Phi) is 3.21. The number of methoxy groups -OCH3 is 1. The molecule has 1 heterocycles. The molecule has 2 amide bonds. The Morgan fingerprint density at radius 1 is 1.00 bits per heavy atom. The number of fused-ring (bicyclic) bond motifs is 1. The van der Waals surface area contributed by atoms with Gasteiger partial charge in [0.1, 0.15) is 5.75 Å². The fourth-order valence-electron chi connectivity index (χ4n) is 2.22. The molecule has 1 aliphatic rings. The van der Waals surface area contributed by atoms with Crippen LogP contribution in [-0.4, -0.2) is 18.9 Å². The summed E-state index contributed by atoms with van der Waals surface area (Å²) in [5.74, 6) is 0.143. The average Bonchev–Trinajstić information content (AvgIpc) is 2.71. The largest absolute Gasteiger partial charge is 0.496 e. The van der Waals surface area contributed by atoms with Gasteiger partial charge in [0.2, 0.25) is 0 Å². The van der Waals surface area contributed by atoms with Crippen molar-refractivity contribution in [3.63, 3.8) is 0 Å². The molecule has 1 aliphatic heterocycles. The van der Waals surface area contributed by atoms with E-state index in [4.69, 9.17) is 4.74 Å². The first-order valence-corrected chi connectivity index (χ1v) is 7.02. The molecule has 2 aromatic carbocycles. The van der Waals surface area contributed by atoms with Crippen molar-refractivity contribution in [3.05, 3.63) is 57.2 Å². The molecule has 20 heavy (non-hydrogen) atoms. The molecular formula is C15H10INO3. The number of benzene rings is 2. The summed E-state index contributed by atoms with van der Waals surface area (Å²) >= 11 is 2.11. The Morgan fingerprint density at radius 2 is 1.60 bits per heavy atom. The lowest BCUT2D eigenvalue weighted by Gasteiger charge is -2.15. The zero-order valence-electron chi connectivity index (χ0n) is 10.6.